The number of nitrogens with one attached hydrogen (secondary N) is 6. The summed E-state index contributed by atoms with van der Waals surface area (Å²) in [4.78, 5) is 3.26. The average Bonchev–Trinajstić information content (AvgIpc) is 3.14. The van der Waals surface area contributed by atoms with Gasteiger partial charge in [-0.05, 0) is 17.7 Å². The smallest absolute Gasteiger partial charge is 0.255 e. The van der Waals surface area contributed by atoms with Crippen LogP contribution >= 0.6 is 0 Å². The molecule has 170 valence electrons. The molecule has 0 aliphatic carbocycles. The molecule has 0 aromatic heterocycles. The first-order valence-electron chi connectivity index (χ1n) is 6.88. The van der Waals surface area contributed by atoms with Gasteiger partial charge in [0.05, 0.1) is 12.3 Å². The molecule has 7 nitrogen and oxygen atoms in total. The normalized spacial score (nSPS) is 24.5. The van der Waals surface area contributed by atoms with Crippen molar-refractivity contribution in [1.29, 1.82) is 0 Å². The summed E-state index contributed by atoms with van der Waals surface area (Å²) in [5, 5.41) is 4.44. The fourth-order valence-electron chi connectivity index (χ4n) is 1.30. The van der Waals surface area contributed by atoms with Gasteiger partial charge in [0, 0.05) is 12.2 Å². The number of halogens is 10. The number of hydrazine groups is 2. The van der Waals surface area contributed by atoms with Crippen molar-refractivity contribution in [2.75, 3.05) is 0 Å². The van der Waals surface area contributed by atoms with Crippen molar-refractivity contribution in [3.8, 4) is 0 Å². The molecule has 2 fully saturated rings. The summed E-state index contributed by atoms with van der Waals surface area (Å²) in [6.45, 7) is 4.44. The van der Waals surface area contributed by atoms with Crippen LogP contribution in [-0.4, -0.2) is 25.1 Å². The van der Waals surface area contributed by atoms with Crippen molar-refractivity contribution in [2.24, 2.45) is 0 Å². The van der Waals surface area contributed by atoms with Gasteiger partial charge in [-0.3, -0.25) is 10.6 Å². The maximum absolute atomic E-state index is 12.1. The molecule has 6 N–H and O–H groups in total. The number of hydrogen-bond donors (Lipinski definition) is 6. The second-order valence-electron chi connectivity index (χ2n) is 4.29. The van der Waals surface area contributed by atoms with Crippen molar-refractivity contribution >= 4 is 0 Å². The lowest BCUT2D eigenvalue weighted by Gasteiger charge is -2.02. The van der Waals surface area contributed by atoms with Gasteiger partial charge in [0.2, 0.25) is 12.8 Å². The molecule has 4 unspecified atom stereocenters. The van der Waals surface area contributed by atoms with E-state index in [1.54, 1.807) is 0 Å². The van der Waals surface area contributed by atoms with E-state index in [-0.39, 0.29) is 0 Å². The van der Waals surface area contributed by atoms with E-state index in [4.69, 9.17) is 0 Å². The molecule has 2 aliphatic rings. The van der Waals surface area contributed by atoms with Gasteiger partial charge in [0.25, 0.3) is 24.3 Å². The van der Waals surface area contributed by atoms with Crippen LogP contribution in [-0.2, 0) is 4.94 Å². The molecule has 29 heavy (non-hydrogen) atoms. The molecule has 2 aliphatic heterocycles. The third-order valence-corrected chi connectivity index (χ3v) is 2.07. The Labute approximate surface area is 157 Å². The summed E-state index contributed by atoms with van der Waals surface area (Å²) in [5.41, 5.74) is 8.85. The molecule has 2 rings (SSSR count). The van der Waals surface area contributed by atoms with Gasteiger partial charge in [0.15, 0.2) is 0 Å². The highest BCUT2D eigenvalue weighted by molar-refractivity contribution is 4.94. The number of hydrogen-bond acceptors (Lipinski definition) is 7. The molecule has 0 aromatic carbocycles. The zero-order valence-electron chi connectivity index (χ0n) is 14.1. The van der Waals surface area contributed by atoms with Crippen LogP contribution in [0.15, 0.2) is 49.6 Å². The van der Waals surface area contributed by atoms with Crippen molar-refractivity contribution in [3.05, 3.63) is 49.6 Å². The first-order chi connectivity index (χ1) is 13.4. The highest BCUT2D eigenvalue weighted by atomic mass is 19.3. The van der Waals surface area contributed by atoms with Crippen molar-refractivity contribution < 1.29 is 49.0 Å². The van der Waals surface area contributed by atoms with E-state index in [2.05, 4.69) is 50.4 Å². The Morgan fingerprint density at radius 3 is 1.34 bits per heavy atom. The molecular formula is C12H16F10N6O. The van der Waals surface area contributed by atoms with Crippen LogP contribution in [0.1, 0.15) is 0 Å². The minimum atomic E-state index is -1.85. The molecular weight excluding hydrogens is 434 g/mol. The standard InChI is InChI=1S/C4H6F3N3O.C4H6F3N3.2C2H2F2/c5-2(6)1-3-8-4(11-7)10-9-3;5-2(6)1-3-8-4(7)10-9-3;2*1-2(3)4/h1,3-4,8-10H;1,3-4,8-10H;2*1H2. The Morgan fingerprint density at radius 2 is 1.07 bits per heavy atom. The van der Waals surface area contributed by atoms with Crippen molar-refractivity contribution in [3.63, 3.8) is 0 Å². The van der Waals surface area contributed by atoms with Gasteiger partial charge in [0.1, 0.15) is 0 Å². The SMILES string of the molecule is C=C(F)F.C=C(F)F.FC(F)=CC1NNC(F)N1.FOC1NNC(C=C(F)F)N1. The van der Waals surface area contributed by atoms with Gasteiger partial charge in [-0.25, -0.2) is 26.1 Å². The van der Waals surface area contributed by atoms with Crippen molar-refractivity contribution in [2.45, 2.75) is 25.1 Å². The molecule has 0 aromatic rings. The van der Waals surface area contributed by atoms with E-state index in [1.165, 1.54) is 0 Å². The highest BCUT2D eigenvalue weighted by Gasteiger charge is 2.22. The molecule has 2 heterocycles. The zero-order chi connectivity index (χ0) is 23.0. The van der Waals surface area contributed by atoms with E-state index in [0.29, 0.717) is 12.2 Å². The topological polar surface area (TPSA) is 81.4 Å². The third-order valence-electron chi connectivity index (χ3n) is 2.07. The molecule has 4 atom stereocenters. The Hall–Kier alpha value is -2.02. The fraction of sp³-hybridized carbons (Fsp3) is 0.333. The van der Waals surface area contributed by atoms with Gasteiger partial charge in [-0.15, -0.1) is 0 Å². The van der Waals surface area contributed by atoms with Crippen LogP contribution in [0.4, 0.5) is 44.0 Å². The van der Waals surface area contributed by atoms with Gasteiger partial charge < -0.3 is 0 Å². The van der Waals surface area contributed by atoms with Crippen LogP contribution in [0, 0.1) is 0 Å². The molecule has 0 spiro atoms. The first-order valence-corrected chi connectivity index (χ1v) is 6.88. The number of rotatable bonds is 3. The van der Waals surface area contributed by atoms with E-state index in [9.17, 15) is 44.0 Å². The Bertz CT molecular complexity index is 523. The fourth-order valence-corrected chi connectivity index (χ4v) is 1.30. The van der Waals surface area contributed by atoms with Gasteiger partial charge >= 0.3 is 0 Å². The molecule has 0 amide bonds. The summed E-state index contributed by atoms with van der Waals surface area (Å²) < 4.78 is 110. The second kappa shape index (κ2) is 16.9. The van der Waals surface area contributed by atoms with Crippen LogP contribution < -0.4 is 32.3 Å². The minimum Gasteiger partial charge on any atom is -0.255 e. The van der Waals surface area contributed by atoms with Crippen LogP contribution in [0.3, 0.4) is 0 Å². The Kier molecular flexibility index (Phi) is 17.0. The summed E-state index contributed by atoms with van der Waals surface area (Å²) in [5.74, 6) is 0. The van der Waals surface area contributed by atoms with Crippen molar-refractivity contribution in [1.82, 2.24) is 32.3 Å². The van der Waals surface area contributed by atoms with E-state index < -0.39 is 49.4 Å². The molecule has 0 saturated carbocycles. The van der Waals surface area contributed by atoms with E-state index >= 15 is 0 Å². The van der Waals surface area contributed by atoms with Crippen LogP contribution in [0.2, 0.25) is 0 Å². The van der Waals surface area contributed by atoms with Crippen LogP contribution in [0.5, 0.6) is 0 Å². The minimum absolute atomic E-state index is 0.576. The molecule has 0 radical (unpaired) electrons. The molecule has 17 heteroatoms. The summed E-state index contributed by atoms with van der Waals surface area (Å²) in [6.07, 6.45) is -10.4. The zero-order valence-corrected chi connectivity index (χ0v) is 14.1. The first kappa shape index (κ1) is 29.2. The van der Waals surface area contributed by atoms with Crippen LogP contribution in [0.25, 0.3) is 0 Å². The lowest BCUT2D eigenvalue weighted by Crippen LogP contribution is -2.33. The molecule has 0 bridgehead atoms. The second-order valence-corrected chi connectivity index (χ2v) is 4.29. The number of alkyl halides is 1. The predicted octanol–water partition coefficient (Wildman–Crippen LogP) is 2.81. The largest absolute Gasteiger partial charge is 0.269 e. The quantitative estimate of drug-likeness (QED) is 0.292. The van der Waals surface area contributed by atoms with Gasteiger partial charge in [-0.1, -0.05) is 0 Å². The summed E-state index contributed by atoms with van der Waals surface area (Å²) in [7, 11) is 0. The Balaban J connectivity index is 0. The lowest BCUT2D eigenvalue weighted by molar-refractivity contribution is -0.193. The maximum atomic E-state index is 12.1. The predicted molar refractivity (Wildman–Crippen MR) is 80.6 cm³/mol. The summed E-state index contributed by atoms with van der Waals surface area (Å²) >= 11 is 0. The highest BCUT2D eigenvalue weighted by Crippen LogP contribution is 2.01. The Morgan fingerprint density at radius 1 is 0.690 bits per heavy atom. The lowest BCUT2D eigenvalue weighted by atomic mass is 10.5. The third kappa shape index (κ3) is 22.1. The van der Waals surface area contributed by atoms with Gasteiger partial charge in [-0.2, -0.15) is 40.1 Å². The summed E-state index contributed by atoms with van der Waals surface area (Å²) in [6, 6.07) is 0. The monoisotopic (exact) mass is 450 g/mol. The average molecular weight is 450 g/mol. The maximum Gasteiger partial charge on any atom is 0.269 e. The van der Waals surface area contributed by atoms with E-state index in [1.807, 2.05) is 0 Å². The van der Waals surface area contributed by atoms with E-state index in [0.717, 1.165) is 0 Å². The molecule has 2 saturated heterocycles.